The van der Waals surface area contributed by atoms with Gasteiger partial charge in [-0.05, 0) is 63.5 Å². The lowest BCUT2D eigenvalue weighted by Gasteiger charge is -2.19. The summed E-state index contributed by atoms with van der Waals surface area (Å²) in [5, 5.41) is 3.44. The van der Waals surface area contributed by atoms with Crippen LogP contribution in [-0.2, 0) is 6.42 Å². The summed E-state index contributed by atoms with van der Waals surface area (Å²) in [6, 6.07) is 8.52. The molecule has 3 heteroatoms. The van der Waals surface area contributed by atoms with Crippen LogP contribution in [0, 0.1) is 5.92 Å². The highest BCUT2D eigenvalue weighted by Gasteiger charge is 2.14. The summed E-state index contributed by atoms with van der Waals surface area (Å²) in [7, 11) is 2.24. The first-order valence-electron chi connectivity index (χ1n) is 6.88. The van der Waals surface area contributed by atoms with Gasteiger partial charge in [-0.15, -0.1) is 0 Å². The van der Waals surface area contributed by atoms with Gasteiger partial charge in [0.15, 0.2) is 0 Å². The van der Waals surface area contributed by atoms with Gasteiger partial charge in [-0.25, -0.2) is 0 Å². The molecular weight excluding hydrogens is 288 g/mol. The van der Waals surface area contributed by atoms with Crippen LogP contribution in [0.1, 0.15) is 18.4 Å². The Kier molecular flexibility index (Phi) is 5.67. The highest BCUT2D eigenvalue weighted by atomic mass is 79.9. The van der Waals surface area contributed by atoms with Crippen LogP contribution in [0.5, 0.6) is 0 Å². The summed E-state index contributed by atoms with van der Waals surface area (Å²) >= 11 is 3.61. The first kappa shape index (κ1) is 14.0. The fourth-order valence-corrected chi connectivity index (χ4v) is 2.97. The summed E-state index contributed by atoms with van der Waals surface area (Å²) in [6.07, 6.45) is 3.82. The summed E-state index contributed by atoms with van der Waals surface area (Å²) in [4.78, 5) is 2.46. The lowest BCUT2D eigenvalue weighted by Crippen LogP contribution is -2.24. The summed E-state index contributed by atoms with van der Waals surface area (Å²) in [5.74, 6) is 0.899. The quantitative estimate of drug-likeness (QED) is 0.869. The summed E-state index contributed by atoms with van der Waals surface area (Å²) in [6.45, 7) is 4.79. The molecular formula is C15H23BrN2. The minimum absolute atomic E-state index is 0.899. The maximum absolute atomic E-state index is 3.61. The fraction of sp³-hybridized carbons (Fsp3) is 0.600. The zero-order valence-electron chi connectivity index (χ0n) is 11.2. The van der Waals surface area contributed by atoms with E-state index in [-0.39, 0.29) is 0 Å². The van der Waals surface area contributed by atoms with Crippen molar-refractivity contribution >= 4 is 15.9 Å². The van der Waals surface area contributed by atoms with Crippen LogP contribution in [0.15, 0.2) is 28.7 Å². The number of nitrogens with zero attached hydrogens (tertiary/aromatic N) is 1. The smallest absolute Gasteiger partial charge is 0.0207 e. The van der Waals surface area contributed by atoms with Crippen molar-refractivity contribution in [2.45, 2.75) is 19.3 Å². The van der Waals surface area contributed by atoms with Crippen molar-refractivity contribution < 1.29 is 0 Å². The molecule has 1 heterocycles. The Morgan fingerprint density at radius 2 is 2.17 bits per heavy atom. The van der Waals surface area contributed by atoms with E-state index in [9.17, 15) is 0 Å². The predicted octanol–water partition coefficient (Wildman–Crippen LogP) is 2.92. The van der Waals surface area contributed by atoms with Gasteiger partial charge in [0, 0.05) is 11.0 Å². The monoisotopic (exact) mass is 310 g/mol. The van der Waals surface area contributed by atoms with E-state index in [4.69, 9.17) is 0 Å². The lowest BCUT2D eigenvalue weighted by molar-refractivity contribution is 0.308. The van der Waals surface area contributed by atoms with E-state index in [1.165, 1.54) is 42.5 Å². The van der Waals surface area contributed by atoms with Crippen LogP contribution < -0.4 is 5.32 Å². The fourth-order valence-electron chi connectivity index (χ4n) is 2.49. The number of hydrogen-bond donors (Lipinski definition) is 1. The number of rotatable bonds is 6. The third-order valence-electron chi connectivity index (χ3n) is 3.80. The topological polar surface area (TPSA) is 15.3 Å². The molecule has 1 atom stereocenters. The van der Waals surface area contributed by atoms with Crippen molar-refractivity contribution in [1.82, 2.24) is 10.2 Å². The summed E-state index contributed by atoms with van der Waals surface area (Å²) < 4.78 is 1.23. The van der Waals surface area contributed by atoms with E-state index < -0.39 is 0 Å². The molecule has 1 aromatic rings. The molecule has 1 aliphatic heterocycles. The number of benzene rings is 1. The van der Waals surface area contributed by atoms with E-state index in [2.05, 4.69) is 57.5 Å². The first-order chi connectivity index (χ1) is 8.75. The zero-order valence-corrected chi connectivity index (χ0v) is 12.7. The Bertz CT molecular complexity index is 361. The zero-order chi connectivity index (χ0) is 12.8. The third-order valence-corrected chi connectivity index (χ3v) is 4.58. The third kappa shape index (κ3) is 4.38. The first-order valence-corrected chi connectivity index (χ1v) is 7.67. The van der Waals surface area contributed by atoms with E-state index in [1.807, 2.05) is 0 Å². The molecule has 0 aliphatic carbocycles. The van der Waals surface area contributed by atoms with Crippen molar-refractivity contribution in [3.8, 4) is 0 Å². The maximum atomic E-state index is 3.61. The predicted molar refractivity (Wildman–Crippen MR) is 80.9 cm³/mol. The van der Waals surface area contributed by atoms with Gasteiger partial charge in [0.1, 0.15) is 0 Å². The van der Waals surface area contributed by atoms with Gasteiger partial charge >= 0.3 is 0 Å². The molecule has 0 radical (unpaired) electrons. The average Bonchev–Trinajstić information content (AvgIpc) is 2.88. The van der Waals surface area contributed by atoms with Crippen LogP contribution in [-0.4, -0.2) is 38.1 Å². The van der Waals surface area contributed by atoms with Crippen LogP contribution in [0.4, 0.5) is 0 Å². The molecule has 0 bridgehead atoms. The molecule has 1 N–H and O–H groups in total. The summed E-state index contributed by atoms with van der Waals surface area (Å²) in [5.41, 5.74) is 1.41. The Balaban J connectivity index is 1.68. The minimum Gasteiger partial charge on any atom is -0.316 e. The maximum Gasteiger partial charge on any atom is 0.0207 e. The Hall–Kier alpha value is -0.380. The second-order valence-electron chi connectivity index (χ2n) is 5.29. The van der Waals surface area contributed by atoms with E-state index in [1.54, 1.807) is 0 Å². The van der Waals surface area contributed by atoms with Crippen molar-refractivity contribution in [3.63, 3.8) is 0 Å². The van der Waals surface area contributed by atoms with Gasteiger partial charge in [-0.1, -0.05) is 34.1 Å². The van der Waals surface area contributed by atoms with E-state index in [0.29, 0.717) is 0 Å². The molecule has 1 unspecified atom stereocenters. The molecule has 1 aromatic carbocycles. The molecule has 1 fully saturated rings. The second kappa shape index (κ2) is 7.27. The molecule has 0 spiro atoms. The van der Waals surface area contributed by atoms with Crippen LogP contribution in [0.25, 0.3) is 0 Å². The standard InChI is InChI=1S/C15H23BrN2/c1-18(10-7-13-6-9-17-12-13)11-8-14-4-2-3-5-15(14)16/h2-5,13,17H,6-12H2,1H3. The van der Waals surface area contributed by atoms with Crippen LogP contribution in [0.3, 0.4) is 0 Å². The molecule has 100 valence electrons. The number of nitrogens with one attached hydrogen (secondary N) is 1. The van der Waals surface area contributed by atoms with Gasteiger partial charge in [-0.3, -0.25) is 0 Å². The van der Waals surface area contributed by atoms with Crippen molar-refractivity contribution in [2.24, 2.45) is 5.92 Å². The van der Waals surface area contributed by atoms with Gasteiger partial charge < -0.3 is 10.2 Å². The minimum atomic E-state index is 0.899. The molecule has 0 aromatic heterocycles. The van der Waals surface area contributed by atoms with Crippen LogP contribution in [0.2, 0.25) is 0 Å². The number of likely N-dealkylation sites (N-methyl/N-ethyl adjacent to an activating group) is 1. The van der Waals surface area contributed by atoms with Crippen LogP contribution >= 0.6 is 15.9 Å². The molecule has 1 aliphatic rings. The molecule has 2 nitrogen and oxygen atoms in total. The number of halogens is 1. The van der Waals surface area contributed by atoms with Gasteiger partial charge in [0.05, 0.1) is 0 Å². The highest BCUT2D eigenvalue weighted by molar-refractivity contribution is 9.10. The number of hydrogen-bond acceptors (Lipinski definition) is 2. The van der Waals surface area contributed by atoms with Gasteiger partial charge in [0.2, 0.25) is 0 Å². The SMILES string of the molecule is CN(CCc1ccccc1Br)CCC1CCNC1. The normalized spacial score (nSPS) is 19.6. The van der Waals surface area contributed by atoms with E-state index in [0.717, 1.165) is 18.9 Å². The van der Waals surface area contributed by atoms with Gasteiger partial charge in [0.25, 0.3) is 0 Å². The van der Waals surface area contributed by atoms with Crippen molar-refractivity contribution in [2.75, 3.05) is 33.2 Å². The molecule has 0 saturated carbocycles. The lowest BCUT2D eigenvalue weighted by atomic mass is 10.0. The van der Waals surface area contributed by atoms with Gasteiger partial charge in [-0.2, -0.15) is 0 Å². The second-order valence-corrected chi connectivity index (χ2v) is 6.15. The Labute approximate surface area is 119 Å². The molecule has 0 amide bonds. The van der Waals surface area contributed by atoms with E-state index >= 15 is 0 Å². The largest absolute Gasteiger partial charge is 0.316 e. The highest BCUT2D eigenvalue weighted by Crippen LogP contribution is 2.17. The molecule has 18 heavy (non-hydrogen) atoms. The van der Waals surface area contributed by atoms with Crippen molar-refractivity contribution in [3.05, 3.63) is 34.3 Å². The molecule has 1 saturated heterocycles. The Morgan fingerprint density at radius 3 is 2.89 bits per heavy atom. The Morgan fingerprint density at radius 1 is 1.33 bits per heavy atom. The average molecular weight is 311 g/mol. The molecule has 2 rings (SSSR count). The van der Waals surface area contributed by atoms with Crippen molar-refractivity contribution in [1.29, 1.82) is 0 Å².